The van der Waals surface area contributed by atoms with Crippen molar-refractivity contribution in [2.24, 2.45) is 11.3 Å². The van der Waals surface area contributed by atoms with Crippen molar-refractivity contribution in [2.45, 2.75) is 26.2 Å². The van der Waals surface area contributed by atoms with E-state index in [0.717, 1.165) is 12.8 Å². The van der Waals surface area contributed by atoms with E-state index in [1.165, 1.54) is 0 Å². The Morgan fingerprint density at radius 1 is 1.43 bits per heavy atom. The number of benzene rings is 1. The van der Waals surface area contributed by atoms with Crippen LogP contribution in [0.1, 0.15) is 26.2 Å². The molecule has 1 saturated heterocycles. The number of amides is 2. The number of nitrogens with one attached hydrogen (secondary N) is 1. The average molecular weight is 318 g/mol. The highest BCUT2D eigenvalue weighted by Gasteiger charge is 2.55. The van der Waals surface area contributed by atoms with Gasteiger partial charge in [0.2, 0.25) is 0 Å². The topological polar surface area (TPSA) is 78.9 Å². The summed E-state index contributed by atoms with van der Waals surface area (Å²) in [7, 11) is 0. The van der Waals surface area contributed by atoms with E-state index < -0.39 is 11.4 Å². The van der Waals surface area contributed by atoms with Gasteiger partial charge in [-0.3, -0.25) is 4.79 Å². The summed E-state index contributed by atoms with van der Waals surface area (Å²) in [5.74, 6) is -0.0893. The molecule has 2 aliphatic rings. The van der Waals surface area contributed by atoms with Gasteiger partial charge in [-0.25, -0.2) is 4.79 Å². The Labute approximate surface area is 135 Å². The third-order valence-corrected chi connectivity index (χ3v) is 5.01. The van der Waals surface area contributed by atoms with Crippen molar-refractivity contribution in [3.8, 4) is 5.75 Å². The number of rotatable bonds is 4. The molecular formula is C17H22N2O4. The number of fused-ring (bicyclic) bond motifs is 1. The van der Waals surface area contributed by atoms with Crippen LogP contribution in [0.5, 0.6) is 5.75 Å². The molecule has 0 radical (unpaired) electrons. The van der Waals surface area contributed by atoms with Crippen LogP contribution in [-0.2, 0) is 4.79 Å². The number of aliphatic carboxylic acids is 1. The SMILES string of the molecule is CCOc1ccccc1NC(=O)N1C[C@@H]2CCC[C@@]2(C(=O)O)C1. The lowest BCUT2D eigenvalue weighted by molar-refractivity contribution is -0.149. The van der Waals surface area contributed by atoms with Crippen LogP contribution in [-0.4, -0.2) is 41.7 Å². The highest BCUT2D eigenvalue weighted by molar-refractivity contribution is 5.92. The molecule has 1 aliphatic carbocycles. The van der Waals surface area contributed by atoms with Crippen LogP contribution < -0.4 is 10.1 Å². The molecule has 1 aliphatic heterocycles. The molecular weight excluding hydrogens is 296 g/mol. The van der Waals surface area contributed by atoms with Gasteiger partial charge in [0.15, 0.2) is 0 Å². The Morgan fingerprint density at radius 2 is 2.22 bits per heavy atom. The normalized spacial score (nSPS) is 26.0. The van der Waals surface area contributed by atoms with Gasteiger partial charge >= 0.3 is 12.0 Å². The minimum absolute atomic E-state index is 0.0629. The molecule has 1 aromatic carbocycles. The molecule has 2 amide bonds. The third-order valence-electron chi connectivity index (χ3n) is 5.01. The number of hydrogen-bond donors (Lipinski definition) is 2. The summed E-state index contributed by atoms with van der Waals surface area (Å²) >= 11 is 0. The van der Waals surface area contributed by atoms with E-state index in [2.05, 4.69) is 5.32 Å². The Kier molecular flexibility index (Phi) is 4.15. The molecule has 1 aromatic rings. The number of likely N-dealkylation sites (tertiary alicyclic amines) is 1. The molecule has 23 heavy (non-hydrogen) atoms. The van der Waals surface area contributed by atoms with E-state index in [1.807, 2.05) is 19.1 Å². The van der Waals surface area contributed by atoms with Crippen LogP contribution in [0.25, 0.3) is 0 Å². The molecule has 0 aromatic heterocycles. The fraction of sp³-hybridized carbons (Fsp3) is 0.529. The average Bonchev–Trinajstić information content (AvgIpc) is 3.07. The van der Waals surface area contributed by atoms with E-state index in [0.29, 0.717) is 31.0 Å². The summed E-state index contributed by atoms with van der Waals surface area (Å²) in [5, 5.41) is 12.5. The van der Waals surface area contributed by atoms with Crippen molar-refractivity contribution in [1.82, 2.24) is 4.90 Å². The maximum Gasteiger partial charge on any atom is 0.321 e. The lowest BCUT2D eigenvalue weighted by atomic mass is 9.81. The molecule has 2 atom stereocenters. The van der Waals surface area contributed by atoms with Crippen molar-refractivity contribution >= 4 is 17.7 Å². The monoisotopic (exact) mass is 318 g/mol. The molecule has 0 unspecified atom stereocenters. The van der Waals surface area contributed by atoms with E-state index in [4.69, 9.17) is 4.74 Å². The minimum atomic E-state index is -0.773. The van der Waals surface area contributed by atoms with Crippen LogP contribution in [0.2, 0.25) is 0 Å². The third kappa shape index (κ3) is 2.73. The Bertz CT molecular complexity index is 618. The van der Waals surface area contributed by atoms with Gasteiger partial charge in [0, 0.05) is 13.1 Å². The predicted molar refractivity (Wildman–Crippen MR) is 85.6 cm³/mol. The number of carboxylic acids is 1. The number of nitrogens with zero attached hydrogens (tertiary/aromatic N) is 1. The largest absolute Gasteiger partial charge is 0.492 e. The summed E-state index contributed by atoms with van der Waals surface area (Å²) in [6, 6.07) is 7.01. The van der Waals surface area contributed by atoms with Gasteiger partial charge in [-0.2, -0.15) is 0 Å². The number of ether oxygens (including phenoxy) is 1. The molecule has 2 fully saturated rings. The summed E-state index contributed by atoms with van der Waals surface area (Å²) in [6.07, 6.45) is 2.47. The molecule has 1 saturated carbocycles. The molecule has 0 spiro atoms. The smallest absolute Gasteiger partial charge is 0.321 e. The van der Waals surface area contributed by atoms with Crippen LogP contribution in [0.3, 0.4) is 0 Å². The maximum absolute atomic E-state index is 12.5. The first-order chi connectivity index (χ1) is 11.1. The molecule has 6 heteroatoms. The lowest BCUT2D eigenvalue weighted by Crippen LogP contribution is -2.38. The van der Waals surface area contributed by atoms with E-state index in [9.17, 15) is 14.7 Å². The lowest BCUT2D eigenvalue weighted by Gasteiger charge is -2.23. The maximum atomic E-state index is 12.5. The number of para-hydroxylation sites is 2. The van der Waals surface area contributed by atoms with Crippen molar-refractivity contribution in [1.29, 1.82) is 0 Å². The number of carbonyl (C=O) groups excluding carboxylic acids is 1. The molecule has 2 N–H and O–H groups in total. The quantitative estimate of drug-likeness (QED) is 0.895. The van der Waals surface area contributed by atoms with E-state index >= 15 is 0 Å². The first-order valence-electron chi connectivity index (χ1n) is 8.08. The van der Waals surface area contributed by atoms with Crippen LogP contribution >= 0.6 is 0 Å². The predicted octanol–water partition coefficient (Wildman–Crippen LogP) is 2.80. The van der Waals surface area contributed by atoms with E-state index in [1.54, 1.807) is 17.0 Å². The van der Waals surface area contributed by atoms with Crippen LogP contribution in [0.15, 0.2) is 24.3 Å². The zero-order valence-electron chi connectivity index (χ0n) is 13.2. The first-order valence-corrected chi connectivity index (χ1v) is 8.08. The van der Waals surface area contributed by atoms with Gasteiger partial charge < -0.3 is 20.1 Å². The van der Waals surface area contributed by atoms with Crippen molar-refractivity contribution in [3.63, 3.8) is 0 Å². The summed E-state index contributed by atoms with van der Waals surface area (Å²) in [6.45, 7) is 3.20. The van der Waals surface area contributed by atoms with Crippen molar-refractivity contribution in [3.05, 3.63) is 24.3 Å². The second-order valence-corrected chi connectivity index (χ2v) is 6.29. The zero-order valence-corrected chi connectivity index (χ0v) is 13.2. The second kappa shape index (κ2) is 6.10. The summed E-state index contributed by atoms with van der Waals surface area (Å²) < 4.78 is 5.51. The molecule has 1 heterocycles. The van der Waals surface area contributed by atoms with Gasteiger partial charge in [-0.15, -0.1) is 0 Å². The van der Waals surface area contributed by atoms with Gasteiger partial charge in [-0.05, 0) is 37.8 Å². The fourth-order valence-electron chi connectivity index (χ4n) is 3.84. The fourth-order valence-corrected chi connectivity index (χ4v) is 3.84. The highest BCUT2D eigenvalue weighted by Crippen LogP contribution is 2.49. The van der Waals surface area contributed by atoms with Crippen molar-refractivity contribution in [2.75, 3.05) is 25.0 Å². The molecule has 0 bridgehead atoms. The Morgan fingerprint density at radius 3 is 2.91 bits per heavy atom. The van der Waals surface area contributed by atoms with Gasteiger partial charge in [0.25, 0.3) is 0 Å². The van der Waals surface area contributed by atoms with Gasteiger partial charge in [-0.1, -0.05) is 18.6 Å². The number of carbonyl (C=O) groups is 2. The molecule has 6 nitrogen and oxygen atoms in total. The second-order valence-electron chi connectivity index (χ2n) is 6.29. The number of hydrogen-bond acceptors (Lipinski definition) is 3. The van der Waals surface area contributed by atoms with Crippen molar-refractivity contribution < 1.29 is 19.4 Å². The first kappa shape index (κ1) is 15.6. The van der Waals surface area contributed by atoms with Gasteiger partial charge in [0.05, 0.1) is 17.7 Å². The van der Waals surface area contributed by atoms with Crippen LogP contribution in [0.4, 0.5) is 10.5 Å². The van der Waals surface area contributed by atoms with Gasteiger partial charge in [0.1, 0.15) is 5.75 Å². The molecule has 124 valence electrons. The zero-order chi connectivity index (χ0) is 16.4. The standard InChI is InChI=1S/C17H22N2O4/c1-2-23-14-8-4-3-7-13(14)18-16(22)19-10-12-6-5-9-17(12,11-19)15(20)21/h3-4,7-8,12H,2,5-6,9-11H2,1H3,(H,18,22)(H,20,21)/t12-,17+/m0/s1. The number of anilines is 1. The Balaban J connectivity index is 1.72. The highest BCUT2D eigenvalue weighted by atomic mass is 16.5. The summed E-state index contributed by atoms with van der Waals surface area (Å²) in [5.41, 5.74) is -0.141. The molecule has 3 rings (SSSR count). The summed E-state index contributed by atoms with van der Waals surface area (Å²) in [4.78, 5) is 25.9. The van der Waals surface area contributed by atoms with E-state index in [-0.39, 0.29) is 18.5 Å². The Hall–Kier alpha value is -2.24. The minimum Gasteiger partial charge on any atom is -0.492 e. The van der Waals surface area contributed by atoms with Crippen LogP contribution in [0, 0.1) is 11.3 Å². The number of carboxylic acid groups (broad SMARTS) is 1. The number of urea groups is 1.